The molecule has 194 valence electrons. The zero-order valence-electron chi connectivity index (χ0n) is 21.5. The molecular weight excluding hydrogens is 488 g/mol. The van der Waals surface area contributed by atoms with Crippen LogP contribution in [0, 0.1) is 11.3 Å². The van der Waals surface area contributed by atoms with Gasteiger partial charge in [0.15, 0.2) is 0 Å². The molecule has 3 aromatic heterocycles. The van der Waals surface area contributed by atoms with Crippen LogP contribution in [0.25, 0.3) is 33.1 Å². The third kappa shape index (κ3) is 3.96. The summed E-state index contributed by atoms with van der Waals surface area (Å²) in [6, 6.07) is 18.8. The molecule has 2 saturated heterocycles. The molecule has 2 fully saturated rings. The highest BCUT2D eigenvalue weighted by atomic mass is 16.2. The second-order valence-electron chi connectivity index (χ2n) is 10.7. The highest BCUT2D eigenvalue weighted by Crippen LogP contribution is 2.37. The first-order valence-electron chi connectivity index (χ1n) is 13.4. The van der Waals surface area contributed by atoms with Crippen LogP contribution >= 0.6 is 0 Å². The van der Waals surface area contributed by atoms with Gasteiger partial charge in [-0.15, -0.1) is 0 Å². The van der Waals surface area contributed by atoms with Crippen molar-refractivity contribution in [1.29, 1.82) is 5.26 Å². The summed E-state index contributed by atoms with van der Waals surface area (Å²) < 4.78 is 1.96. The topological polar surface area (TPSA) is 107 Å². The fourth-order valence-corrected chi connectivity index (χ4v) is 6.28. The van der Waals surface area contributed by atoms with Crippen molar-refractivity contribution < 1.29 is 4.79 Å². The van der Waals surface area contributed by atoms with Crippen LogP contribution in [0.15, 0.2) is 73.4 Å². The SMILES string of the molecule is N#CCC1(n2cc(-c3ncnc4[nH]ccc34)cn2)CN(C2CCN(C(=O)c3cccc4ccccc34)CC2)C1. The summed E-state index contributed by atoms with van der Waals surface area (Å²) in [4.78, 5) is 29.7. The lowest BCUT2D eigenvalue weighted by molar-refractivity contribution is -0.0412. The number of aromatic amines is 1. The number of aromatic nitrogens is 5. The first kappa shape index (κ1) is 23.6. The molecule has 0 unspecified atom stereocenters. The summed E-state index contributed by atoms with van der Waals surface area (Å²) in [5.74, 6) is 0.109. The molecule has 5 heterocycles. The van der Waals surface area contributed by atoms with Gasteiger partial charge in [0.25, 0.3) is 5.91 Å². The van der Waals surface area contributed by atoms with Gasteiger partial charge < -0.3 is 9.88 Å². The van der Waals surface area contributed by atoms with Crippen molar-refractivity contribution in [3.8, 4) is 17.3 Å². The second-order valence-corrected chi connectivity index (χ2v) is 10.7. The predicted molar refractivity (Wildman–Crippen MR) is 148 cm³/mol. The summed E-state index contributed by atoms with van der Waals surface area (Å²) in [5.41, 5.74) is 2.96. The van der Waals surface area contributed by atoms with Crippen molar-refractivity contribution >= 4 is 27.7 Å². The average molecular weight is 517 g/mol. The van der Waals surface area contributed by atoms with E-state index in [-0.39, 0.29) is 11.4 Å². The third-order valence-corrected chi connectivity index (χ3v) is 8.39. The number of amides is 1. The molecule has 0 saturated carbocycles. The first-order valence-corrected chi connectivity index (χ1v) is 13.4. The molecule has 39 heavy (non-hydrogen) atoms. The molecule has 7 rings (SSSR count). The van der Waals surface area contributed by atoms with Crippen LogP contribution in [0.4, 0.5) is 0 Å². The van der Waals surface area contributed by atoms with Crippen LogP contribution in [0.5, 0.6) is 0 Å². The number of likely N-dealkylation sites (tertiary alicyclic amines) is 2. The third-order valence-electron chi connectivity index (χ3n) is 8.39. The zero-order valence-corrected chi connectivity index (χ0v) is 21.5. The molecule has 0 aliphatic carbocycles. The van der Waals surface area contributed by atoms with E-state index in [0.29, 0.717) is 12.5 Å². The minimum Gasteiger partial charge on any atom is -0.346 e. The summed E-state index contributed by atoms with van der Waals surface area (Å²) >= 11 is 0. The monoisotopic (exact) mass is 516 g/mol. The van der Waals surface area contributed by atoms with Gasteiger partial charge in [0.2, 0.25) is 0 Å². The van der Waals surface area contributed by atoms with Gasteiger partial charge in [-0.25, -0.2) is 9.97 Å². The number of hydrogen-bond acceptors (Lipinski definition) is 6. The van der Waals surface area contributed by atoms with Crippen LogP contribution in [0.1, 0.15) is 29.6 Å². The van der Waals surface area contributed by atoms with Gasteiger partial charge >= 0.3 is 0 Å². The Hall–Kier alpha value is -4.55. The molecule has 2 aliphatic rings. The van der Waals surface area contributed by atoms with Gasteiger partial charge in [-0.05, 0) is 35.7 Å². The number of piperidine rings is 1. The smallest absolute Gasteiger partial charge is 0.254 e. The van der Waals surface area contributed by atoms with E-state index < -0.39 is 0 Å². The molecule has 0 spiro atoms. The molecule has 1 N–H and O–H groups in total. The number of H-pyrrole nitrogens is 1. The Morgan fingerprint density at radius 2 is 1.87 bits per heavy atom. The minimum atomic E-state index is -0.354. The molecule has 9 nitrogen and oxygen atoms in total. The highest BCUT2D eigenvalue weighted by molar-refractivity contribution is 6.07. The van der Waals surface area contributed by atoms with Crippen LogP contribution in [-0.4, -0.2) is 72.7 Å². The van der Waals surface area contributed by atoms with Crippen LogP contribution in [0.3, 0.4) is 0 Å². The van der Waals surface area contributed by atoms with Gasteiger partial charge in [-0.3, -0.25) is 14.4 Å². The number of nitrogens with one attached hydrogen (secondary N) is 1. The largest absolute Gasteiger partial charge is 0.346 e. The number of fused-ring (bicyclic) bond motifs is 2. The molecular formula is C30H28N8O. The number of nitriles is 1. The van der Waals surface area contributed by atoms with E-state index in [9.17, 15) is 10.1 Å². The molecule has 0 atom stereocenters. The lowest BCUT2D eigenvalue weighted by Crippen LogP contribution is -2.66. The Bertz CT molecular complexity index is 1710. The Morgan fingerprint density at radius 3 is 2.72 bits per heavy atom. The number of carbonyl (C=O) groups excluding carboxylic acids is 1. The summed E-state index contributed by atoms with van der Waals surface area (Å²) in [6.07, 6.45) is 9.50. The minimum absolute atomic E-state index is 0.109. The molecule has 2 aliphatic heterocycles. The quantitative estimate of drug-likeness (QED) is 0.375. The maximum atomic E-state index is 13.4. The van der Waals surface area contributed by atoms with E-state index in [0.717, 1.165) is 77.6 Å². The number of rotatable bonds is 5. The lowest BCUT2D eigenvalue weighted by atomic mass is 9.83. The maximum Gasteiger partial charge on any atom is 0.254 e. The van der Waals surface area contributed by atoms with E-state index in [2.05, 4.69) is 31.0 Å². The fraction of sp³-hybridized carbons (Fsp3) is 0.300. The van der Waals surface area contributed by atoms with E-state index in [1.165, 1.54) is 0 Å². The summed E-state index contributed by atoms with van der Waals surface area (Å²) in [6.45, 7) is 3.02. The molecule has 0 bridgehead atoms. The van der Waals surface area contributed by atoms with Gasteiger partial charge in [-0.2, -0.15) is 10.4 Å². The number of benzene rings is 2. The van der Waals surface area contributed by atoms with E-state index in [1.807, 2.05) is 76.7 Å². The fourth-order valence-electron chi connectivity index (χ4n) is 6.28. The van der Waals surface area contributed by atoms with Crippen molar-refractivity contribution in [2.45, 2.75) is 30.8 Å². The van der Waals surface area contributed by atoms with Gasteiger partial charge in [0, 0.05) is 61.1 Å². The van der Waals surface area contributed by atoms with E-state index in [1.54, 1.807) is 6.33 Å². The standard InChI is InChI=1S/C30H28N8O/c31-12-11-30(38-17-22(16-35-38)27-26-8-13-32-28(26)34-20-33-27)18-37(19-30)23-9-14-36(15-10-23)29(39)25-7-3-5-21-4-1-2-6-24(21)25/h1-8,13,16-17,20,23H,9-11,14-15,18-19H2,(H,32,33,34). The number of hydrogen-bond donors (Lipinski definition) is 1. The second kappa shape index (κ2) is 9.33. The van der Waals surface area contributed by atoms with Gasteiger partial charge in [-0.1, -0.05) is 36.4 Å². The lowest BCUT2D eigenvalue weighted by Gasteiger charge is -2.53. The molecule has 5 aromatic rings. The first-order chi connectivity index (χ1) is 19.1. The molecule has 2 aromatic carbocycles. The van der Waals surface area contributed by atoms with E-state index in [4.69, 9.17) is 0 Å². The van der Waals surface area contributed by atoms with Crippen LogP contribution < -0.4 is 0 Å². The van der Waals surface area contributed by atoms with Crippen LogP contribution in [-0.2, 0) is 5.54 Å². The predicted octanol–water partition coefficient (Wildman–Crippen LogP) is 4.20. The Balaban J connectivity index is 1.03. The van der Waals surface area contributed by atoms with Crippen LogP contribution in [0.2, 0.25) is 0 Å². The normalized spacial score (nSPS) is 17.8. The van der Waals surface area contributed by atoms with Crippen molar-refractivity contribution in [3.63, 3.8) is 0 Å². The summed E-state index contributed by atoms with van der Waals surface area (Å²) in [7, 11) is 0. The van der Waals surface area contributed by atoms with Gasteiger partial charge in [0.05, 0.1) is 24.4 Å². The van der Waals surface area contributed by atoms with Crippen molar-refractivity contribution in [1.82, 2.24) is 34.5 Å². The molecule has 1 amide bonds. The van der Waals surface area contributed by atoms with Crippen molar-refractivity contribution in [2.24, 2.45) is 0 Å². The highest BCUT2D eigenvalue weighted by Gasteiger charge is 2.48. The molecule has 9 heteroatoms. The summed E-state index contributed by atoms with van der Waals surface area (Å²) in [5, 5.41) is 17.4. The van der Waals surface area contributed by atoms with E-state index >= 15 is 0 Å². The molecule has 0 radical (unpaired) electrons. The number of nitrogens with zero attached hydrogens (tertiary/aromatic N) is 7. The van der Waals surface area contributed by atoms with Gasteiger partial charge in [0.1, 0.15) is 17.5 Å². The van der Waals surface area contributed by atoms with Crippen molar-refractivity contribution in [2.75, 3.05) is 26.2 Å². The average Bonchev–Trinajstić information content (AvgIpc) is 3.65. The Labute approximate surface area is 225 Å². The number of carbonyl (C=O) groups is 1. The Morgan fingerprint density at radius 1 is 1.05 bits per heavy atom. The zero-order chi connectivity index (χ0) is 26.4. The Kier molecular flexibility index (Phi) is 5.63. The van der Waals surface area contributed by atoms with Crippen molar-refractivity contribution in [3.05, 3.63) is 79.0 Å². The maximum absolute atomic E-state index is 13.4.